The zero-order valence-corrected chi connectivity index (χ0v) is 20.6. The van der Waals surface area contributed by atoms with Crippen molar-refractivity contribution in [3.8, 4) is 0 Å². The summed E-state index contributed by atoms with van der Waals surface area (Å²) in [5, 5.41) is 4.38. The van der Waals surface area contributed by atoms with Crippen LogP contribution in [-0.2, 0) is 16.0 Å². The number of halogens is 2. The summed E-state index contributed by atoms with van der Waals surface area (Å²) in [5.41, 5.74) is 3.49. The Morgan fingerprint density at radius 3 is 2.37 bits per heavy atom. The van der Waals surface area contributed by atoms with E-state index in [2.05, 4.69) is 10.3 Å². The number of aromatic nitrogens is 1. The van der Waals surface area contributed by atoms with Crippen molar-refractivity contribution in [3.63, 3.8) is 0 Å². The number of rotatable bonds is 8. The molecule has 0 radical (unpaired) electrons. The van der Waals surface area contributed by atoms with Gasteiger partial charge in [-0.2, -0.15) is 0 Å². The molecule has 0 aliphatic rings. The molecule has 0 saturated carbocycles. The van der Waals surface area contributed by atoms with Gasteiger partial charge in [0.1, 0.15) is 5.69 Å². The second-order valence-corrected chi connectivity index (χ2v) is 8.70. The number of esters is 1. The van der Waals surface area contributed by atoms with Crippen LogP contribution in [0.3, 0.4) is 0 Å². The summed E-state index contributed by atoms with van der Waals surface area (Å²) >= 11 is 12.7. The first-order valence-electron chi connectivity index (χ1n) is 11.2. The van der Waals surface area contributed by atoms with Gasteiger partial charge in [-0.25, -0.2) is 4.79 Å². The number of carbonyl (C=O) groups is 2. The van der Waals surface area contributed by atoms with Crippen LogP contribution < -0.4 is 5.32 Å². The molecule has 0 fully saturated rings. The number of amides is 1. The van der Waals surface area contributed by atoms with Crippen LogP contribution >= 0.6 is 23.2 Å². The maximum absolute atomic E-state index is 13.4. The van der Waals surface area contributed by atoms with Crippen LogP contribution in [0.15, 0.2) is 72.8 Å². The largest absolute Gasteiger partial charge is 0.461 e. The number of H-pyrrole nitrogens is 1. The summed E-state index contributed by atoms with van der Waals surface area (Å²) in [5.74, 6) is -0.805. The summed E-state index contributed by atoms with van der Waals surface area (Å²) in [6.07, 6.45) is 2.37. The van der Waals surface area contributed by atoms with E-state index in [9.17, 15) is 9.59 Å². The molecule has 0 saturated heterocycles. The Labute approximate surface area is 213 Å². The fourth-order valence-electron chi connectivity index (χ4n) is 3.88. The van der Waals surface area contributed by atoms with Crippen molar-refractivity contribution in [2.45, 2.75) is 13.3 Å². The summed E-state index contributed by atoms with van der Waals surface area (Å²) in [6, 6.07) is 22.5. The van der Waals surface area contributed by atoms with Crippen LogP contribution in [0.2, 0.25) is 10.0 Å². The molecule has 1 heterocycles. The number of nitrogens with one attached hydrogen (secondary N) is 2. The third-order valence-electron chi connectivity index (χ3n) is 5.49. The van der Waals surface area contributed by atoms with Crippen molar-refractivity contribution in [2.24, 2.45) is 0 Å². The number of hydrogen-bond donors (Lipinski definition) is 2. The highest BCUT2D eigenvalue weighted by atomic mass is 35.5. The molecule has 2 N–H and O–H groups in total. The van der Waals surface area contributed by atoms with E-state index in [1.54, 1.807) is 25.1 Å². The van der Waals surface area contributed by atoms with Gasteiger partial charge >= 0.3 is 5.97 Å². The van der Waals surface area contributed by atoms with Crippen LogP contribution in [0.25, 0.3) is 22.6 Å². The topological polar surface area (TPSA) is 71.2 Å². The number of carbonyl (C=O) groups excluding carboxylic acids is 2. The summed E-state index contributed by atoms with van der Waals surface area (Å²) in [7, 11) is 0. The molecule has 4 rings (SSSR count). The van der Waals surface area contributed by atoms with Crippen LogP contribution in [0, 0.1) is 0 Å². The van der Waals surface area contributed by atoms with Crippen molar-refractivity contribution in [1.82, 2.24) is 10.3 Å². The van der Waals surface area contributed by atoms with Gasteiger partial charge in [-0.1, -0.05) is 83.9 Å². The van der Waals surface area contributed by atoms with E-state index in [0.717, 1.165) is 5.56 Å². The van der Waals surface area contributed by atoms with Gasteiger partial charge in [0.15, 0.2) is 0 Å². The quantitative estimate of drug-likeness (QED) is 0.210. The SMILES string of the molecule is CCOC(=O)c1[nH]c2cc(Cl)cc(Cl)c2c1/C=C(\C(=O)NCCc1ccccc1)c1ccccc1. The molecule has 0 spiro atoms. The van der Waals surface area contributed by atoms with Crippen LogP contribution in [0.5, 0.6) is 0 Å². The Bertz CT molecular complexity index is 1380. The van der Waals surface area contributed by atoms with Crippen LogP contribution in [0.1, 0.15) is 34.1 Å². The van der Waals surface area contributed by atoms with E-state index < -0.39 is 5.97 Å². The Hall–Kier alpha value is -3.54. The average Bonchev–Trinajstić information content (AvgIpc) is 3.22. The standard InChI is InChI=1S/C28H24Cl2N2O3/c1-2-35-28(34)26-22(25-23(30)15-20(29)16-24(25)32-26)17-21(19-11-7-4-8-12-19)27(33)31-14-13-18-9-5-3-6-10-18/h3-12,15-17,32H,2,13-14H2,1H3,(H,31,33)/b21-17-. The fourth-order valence-corrected chi connectivity index (χ4v) is 4.48. The molecule has 4 aromatic rings. The first kappa shape index (κ1) is 24.6. The van der Waals surface area contributed by atoms with Gasteiger partial charge in [-0.05, 0) is 42.7 Å². The third-order valence-corrected chi connectivity index (χ3v) is 6.01. The second-order valence-electron chi connectivity index (χ2n) is 7.86. The molecule has 0 aliphatic carbocycles. The van der Waals surface area contributed by atoms with E-state index in [-0.39, 0.29) is 18.2 Å². The number of aromatic amines is 1. The van der Waals surface area contributed by atoms with Gasteiger partial charge in [0.05, 0.1) is 11.6 Å². The van der Waals surface area contributed by atoms with Crippen molar-refractivity contribution in [3.05, 3.63) is 105 Å². The lowest BCUT2D eigenvalue weighted by molar-refractivity contribution is -0.115. The van der Waals surface area contributed by atoms with Crippen molar-refractivity contribution < 1.29 is 14.3 Å². The molecule has 0 unspecified atom stereocenters. The predicted molar refractivity (Wildman–Crippen MR) is 142 cm³/mol. The second kappa shape index (κ2) is 11.3. The molecule has 1 aromatic heterocycles. The first-order chi connectivity index (χ1) is 17.0. The smallest absolute Gasteiger partial charge is 0.355 e. The minimum atomic E-state index is -0.543. The van der Waals surface area contributed by atoms with Crippen LogP contribution in [-0.4, -0.2) is 30.0 Å². The van der Waals surface area contributed by atoms with E-state index in [0.29, 0.717) is 50.6 Å². The number of fused-ring (bicyclic) bond motifs is 1. The zero-order chi connectivity index (χ0) is 24.8. The van der Waals surface area contributed by atoms with Gasteiger partial charge < -0.3 is 15.0 Å². The fraction of sp³-hybridized carbons (Fsp3) is 0.143. The molecular weight excluding hydrogens is 483 g/mol. The lowest BCUT2D eigenvalue weighted by atomic mass is 10.00. The van der Waals surface area contributed by atoms with Gasteiger partial charge in [0, 0.05) is 33.6 Å². The summed E-state index contributed by atoms with van der Waals surface area (Å²) in [6.45, 7) is 2.40. The van der Waals surface area contributed by atoms with Crippen molar-refractivity contribution in [1.29, 1.82) is 0 Å². The predicted octanol–water partition coefficient (Wildman–Crippen LogP) is 6.55. The Kier molecular flexibility index (Phi) is 7.91. The molecule has 0 aliphatic heterocycles. The summed E-state index contributed by atoms with van der Waals surface area (Å²) in [4.78, 5) is 29.2. The molecule has 0 bridgehead atoms. The Morgan fingerprint density at radius 1 is 1.00 bits per heavy atom. The molecule has 178 valence electrons. The van der Waals surface area contributed by atoms with Crippen LogP contribution in [0.4, 0.5) is 0 Å². The molecule has 0 atom stereocenters. The normalized spacial score (nSPS) is 11.5. The summed E-state index contributed by atoms with van der Waals surface area (Å²) < 4.78 is 5.25. The van der Waals surface area contributed by atoms with E-state index in [1.807, 2.05) is 60.7 Å². The number of hydrogen-bond acceptors (Lipinski definition) is 3. The Morgan fingerprint density at radius 2 is 1.69 bits per heavy atom. The number of benzene rings is 3. The third kappa shape index (κ3) is 5.76. The first-order valence-corrected chi connectivity index (χ1v) is 12.0. The lowest BCUT2D eigenvalue weighted by Crippen LogP contribution is -2.26. The molecule has 35 heavy (non-hydrogen) atoms. The maximum atomic E-state index is 13.4. The molecule has 7 heteroatoms. The minimum absolute atomic E-state index is 0.205. The van der Waals surface area contributed by atoms with Crippen molar-refractivity contribution >= 4 is 57.6 Å². The highest BCUT2D eigenvalue weighted by Gasteiger charge is 2.22. The Balaban J connectivity index is 1.78. The maximum Gasteiger partial charge on any atom is 0.355 e. The van der Waals surface area contributed by atoms with E-state index >= 15 is 0 Å². The van der Waals surface area contributed by atoms with E-state index in [1.165, 1.54) is 0 Å². The minimum Gasteiger partial charge on any atom is -0.461 e. The number of ether oxygens (including phenoxy) is 1. The van der Waals surface area contributed by atoms with Crippen molar-refractivity contribution in [2.75, 3.05) is 13.2 Å². The lowest BCUT2D eigenvalue weighted by Gasteiger charge is -2.11. The monoisotopic (exact) mass is 506 g/mol. The molecular formula is C28H24Cl2N2O3. The van der Waals surface area contributed by atoms with Gasteiger partial charge in [-0.15, -0.1) is 0 Å². The zero-order valence-electron chi connectivity index (χ0n) is 19.1. The van der Waals surface area contributed by atoms with E-state index in [4.69, 9.17) is 27.9 Å². The van der Waals surface area contributed by atoms with Gasteiger partial charge in [0.2, 0.25) is 0 Å². The highest BCUT2D eigenvalue weighted by molar-refractivity contribution is 6.39. The molecule has 5 nitrogen and oxygen atoms in total. The van der Waals surface area contributed by atoms with Gasteiger partial charge in [-0.3, -0.25) is 4.79 Å². The molecule has 3 aromatic carbocycles. The average molecular weight is 507 g/mol. The van der Waals surface area contributed by atoms with Gasteiger partial charge in [0.25, 0.3) is 5.91 Å². The molecule has 1 amide bonds. The highest BCUT2D eigenvalue weighted by Crippen LogP contribution is 2.35.